The third-order valence-electron chi connectivity index (χ3n) is 5.61. The van der Waals surface area contributed by atoms with Crippen LogP contribution in [0.25, 0.3) is 0 Å². The van der Waals surface area contributed by atoms with Gasteiger partial charge >= 0.3 is 0 Å². The molecule has 0 unspecified atom stereocenters. The highest BCUT2D eigenvalue weighted by Crippen LogP contribution is 2.42. The number of halogens is 1. The summed E-state index contributed by atoms with van der Waals surface area (Å²) >= 11 is 1.09. The molecule has 2 amide bonds. The van der Waals surface area contributed by atoms with E-state index >= 15 is 0 Å². The maximum absolute atomic E-state index is 14.6. The van der Waals surface area contributed by atoms with E-state index in [2.05, 4.69) is 14.9 Å². The summed E-state index contributed by atoms with van der Waals surface area (Å²) in [6.07, 6.45) is 2.56. The number of hydrogen-bond acceptors (Lipinski definition) is 5. The van der Waals surface area contributed by atoms with Gasteiger partial charge in [0, 0.05) is 25.4 Å². The van der Waals surface area contributed by atoms with E-state index in [1.807, 2.05) is 6.92 Å². The summed E-state index contributed by atoms with van der Waals surface area (Å²) in [5, 5.41) is 7.12. The molecular formula is C19H21FN4O2S. The Morgan fingerprint density at radius 1 is 1.44 bits per heavy atom. The summed E-state index contributed by atoms with van der Waals surface area (Å²) in [6, 6.07) is 6.63. The molecule has 0 aliphatic carbocycles. The van der Waals surface area contributed by atoms with Gasteiger partial charge in [-0.25, -0.2) is 4.39 Å². The number of amides is 2. The zero-order valence-corrected chi connectivity index (χ0v) is 15.9. The molecule has 4 rings (SSSR count). The standard InChI is InChI=1S/C19H21FN4O2S/c1-2-15-17(27-23-22-15)18(26)24-10-13(12-6-3-4-7-14(12)20)19(11-24)9-5-8-16(25)21-19/h3-4,6-7,13H,2,5,8-11H2,1H3,(H,21,25)/t13-,19+/m0/s1. The first kappa shape index (κ1) is 18.0. The molecule has 0 saturated carbocycles. The number of carbonyl (C=O) groups is 2. The zero-order valence-electron chi connectivity index (χ0n) is 15.1. The molecule has 2 fully saturated rings. The quantitative estimate of drug-likeness (QED) is 0.877. The first-order valence-electron chi connectivity index (χ1n) is 9.20. The van der Waals surface area contributed by atoms with E-state index in [0.29, 0.717) is 42.1 Å². The highest BCUT2D eigenvalue weighted by molar-refractivity contribution is 7.08. The van der Waals surface area contributed by atoms with Crippen LogP contribution in [0.1, 0.15) is 53.0 Å². The molecule has 8 heteroatoms. The predicted octanol–water partition coefficient (Wildman–Crippen LogP) is 2.52. The fourth-order valence-electron chi connectivity index (χ4n) is 4.31. The SMILES string of the molecule is CCc1nnsc1C(=O)N1C[C@@H](c2ccccc2F)[C@@]2(CCCC(=O)N2)C1. The summed E-state index contributed by atoms with van der Waals surface area (Å²) in [7, 11) is 0. The highest BCUT2D eigenvalue weighted by atomic mass is 32.1. The van der Waals surface area contributed by atoms with E-state index < -0.39 is 5.54 Å². The smallest absolute Gasteiger partial charge is 0.267 e. The Balaban J connectivity index is 1.70. The Morgan fingerprint density at radius 2 is 2.26 bits per heavy atom. The van der Waals surface area contributed by atoms with Gasteiger partial charge in [-0.05, 0) is 42.4 Å². The monoisotopic (exact) mass is 388 g/mol. The van der Waals surface area contributed by atoms with Crippen molar-refractivity contribution in [2.24, 2.45) is 0 Å². The van der Waals surface area contributed by atoms with Crippen LogP contribution in [0.4, 0.5) is 4.39 Å². The Labute approximate surface area is 160 Å². The van der Waals surface area contributed by atoms with E-state index in [9.17, 15) is 14.0 Å². The fraction of sp³-hybridized carbons (Fsp3) is 0.474. The maximum Gasteiger partial charge on any atom is 0.267 e. The molecule has 142 valence electrons. The third kappa shape index (κ3) is 3.12. The van der Waals surface area contributed by atoms with Crippen LogP contribution < -0.4 is 5.32 Å². The molecule has 1 aromatic heterocycles. The van der Waals surface area contributed by atoms with Crippen molar-refractivity contribution in [2.75, 3.05) is 13.1 Å². The second-order valence-corrected chi connectivity index (χ2v) is 7.97. The van der Waals surface area contributed by atoms with Gasteiger partial charge in [0.15, 0.2) is 0 Å². The number of likely N-dealkylation sites (tertiary alicyclic amines) is 1. The normalized spacial score (nSPS) is 25.0. The fourth-order valence-corrected chi connectivity index (χ4v) is 5.03. The number of benzene rings is 1. The molecular weight excluding hydrogens is 367 g/mol. The lowest BCUT2D eigenvalue weighted by molar-refractivity contribution is -0.125. The van der Waals surface area contributed by atoms with Crippen molar-refractivity contribution in [3.63, 3.8) is 0 Å². The van der Waals surface area contributed by atoms with E-state index in [-0.39, 0.29) is 23.5 Å². The Morgan fingerprint density at radius 3 is 3.00 bits per heavy atom. The molecule has 0 bridgehead atoms. The lowest BCUT2D eigenvalue weighted by Crippen LogP contribution is -2.56. The maximum atomic E-state index is 14.6. The second-order valence-electron chi connectivity index (χ2n) is 7.22. The van der Waals surface area contributed by atoms with Crippen LogP contribution in [0.5, 0.6) is 0 Å². The van der Waals surface area contributed by atoms with Crippen LogP contribution in [0.3, 0.4) is 0 Å². The molecule has 1 aromatic carbocycles. The summed E-state index contributed by atoms with van der Waals surface area (Å²) in [4.78, 5) is 27.5. The zero-order chi connectivity index (χ0) is 19.0. The van der Waals surface area contributed by atoms with Crippen molar-refractivity contribution >= 4 is 23.3 Å². The van der Waals surface area contributed by atoms with Gasteiger partial charge < -0.3 is 10.2 Å². The van der Waals surface area contributed by atoms with Crippen molar-refractivity contribution < 1.29 is 14.0 Å². The van der Waals surface area contributed by atoms with Gasteiger partial charge in [0.1, 0.15) is 10.7 Å². The molecule has 0 radical (unpaired) electrons. The minimum absolute atomic E-state index is 0.0365. The Kier molecular flexibility index (Phi) is 4.67. The van der Waals surface area contributed by atoms with Gasteiger partial charge in [-0.15, -0.1) is 5.10 Å². The number of rotatable bonds is 3. The lowest BCUT2D eigenvalue weighted by atomic mass is 9.76. The average Bonchev–Trinajstić information content (AvgIpc) is 3.26. The number of nitrogens with zero attached hydrogens (tertiary/aromatic N) is 3. The van der Waals surface area contributed by atoms with Crippen LogP contribution in [-0.2, 0) is 11.2 Å². The van der Waals surface area contributed by atoms with Gasteiger partial charge in [-0.2, -0.15) is 0 Å². The molecule has 2 saturated heterocycles. The van der Waals surface area contributed by atoms with Crippen LogP contribution in [0.2, 0.25) is 0 Å². The largest absolute Gasteiger partial charge is 0.348 e. The van der Waals surface area contributed by atoms with Gasteiger partial charge in [0.05, 0.1) is 11.2 Å². The third-order valence-corrected chi connectivity index (χ3v) is 6.37. The number of aryl methyl sites for hydroxylation is 1. The number of hydrogen-bond donors (Lipinski definition) is 1. The molecule has 2 atom stereocenters. The Bertz CT molecular complexity index is 886. The van der Waals surface area contributed by atoms with Gasteiger partial charge in [-0.3, -0.25) is 9.59 Å². The second kappa shape index (κ2) is 6.99. The van der Waals surface area contributed by atoms with Crippen LogP contribution >= 0.6 is 11.5 Å². The minimum atomic E-state index is -0.627. The van der Waals surface area contributed by atoms with Crippen LogP contribution in [-0.4, -0.2) is 44.9 Å². The molecule has 2 aromatic rings. The average molecular weight is 388 g/mol. The number of carbonyl (C=O) groups excluding carboxylic acids is 2. The molecule has 2 aliphatic rings. The highest BCUT2D eigenvalue weighted by Gasteiger charge is 2.51. The van der Waals surface area contributed by atoms with E-state index in [0.717, 1.165) is 24.4 Å². The Hall–Kier alpha value is -2.35. The summed E-state index contributed by atoms with van der Waals surface area (Å²) in [5.74, 6) is -0.756. The summed E-state index contributed by atoms with van der Waals surface area (Å²) in [6.45, 7) is 2.67. The van der Waals surface area contributed by atoms with Crippen molar-refractivity contribution in [1.82, 2.24) is 19.8 Å². The molecule has 1 spiro atoms. The van der Waals surface area contributed by atoms with Crippen molar-refractivity contribution in [3.05, 3.63) is 46.2 Å². The molecule has 2 aliphatic heterocycles. The predicted molar refractivity (Wildman–Crippen MR) is 99.1 cm³/mol. The van der Waals surface area contributed by atoms with E-state index in [1.165, 1.54) is 6.07 Å². The topological polar surface area (TPSA) is 75.2 Å². The molecule has 3 heterocycles. The van der Waals surface area contributed by atoms with Crippen molar-refractivity contribution in [2.45, 2.75) is 44.1 Å². The molecule has 6 nitrogen and oxygen atoms in total. The number of nitrogens with one attached hydrogen (secondary N) is 1. The number of piperidine rings is 1. The van der Waals surface area contributed by atoms with Crippen molar-refractivity contribution in [3.8, 4) is 0 Å². The van der Waals surface area contributed by atoms with Crippen LogP contribution in [0.15, 0.2) is 24.3 Å². The van der Waals surface area contributed by atoms with Gasteiger partial charge in [0.25, 0.3) is 5.91 Å². The van der Waals surface area contributed by atoms with E-state index in [4.69, 9.17) is 0 Å². The number of aromatic nitrogens is 2. The van der Waals surface area contributed by atoms with Gasteiger partial charge in [-0.1, -0.05) is 29.6 Å². The molecule has 1 N–H and O–H groups in total. The van der Waals surface area contributed by atoms with Gasteiger partial charge in [0.2, 0.25) is 5.91 Å². The minimum Gasteiger partial charge on any atom is -0.348 e. The first-order chi connectivity index (χ1) is 13.0. The van der Waals surface area contributed by atoms with Crippen LogP contribution in [0, 0.1) is 5.82 Å². The molecule has 27 heavy (non-hydrogen) atoms. The lowest BCUT2D eigenvalue weighted by Gasteiger charge is -2.39. The summed E-state index contributed by atoms with van der Waals surface area (Å²) < 4.78 is 18.5. The van der Waals surface area contributed by atoms with E-state index in [1.54, 1.807) is 23.1 Å². The first-order valence-corrected chi connectivity index (χ1v) is 9.97. The van der Waals surface area contributed by atoms with Crippen molar-refractivity contribution in [1.29, 1.82) is 0 Å². The summed E-state index contributed by atoms with van der Waals surface area (Å²) in [5.41, 5.74) is 0.603.